The van der Waals surface area contributed by atoms with Crippen LogP contribution >= 0.6 is 0 Å². The molecule has 5 aromatic rings. The Morgan fingerprint density at radius 3 is 1.80 bits per heavy atom. The van der Waals surface area contributed by atoms with Crippen LogP contribution < -0.4 is 64.7 Å². The predicted octanol–water partition coefficient (Wildman–Crippen LogP) is 5.65. The highest BCUT2D eigenvalue weighted by molar-refractivity contribution is 5.86. The molecule has 1 unspecified atom stereocenters. The maximum Gasteiger partial charge on any atom is 0.329 e. The quantitative estimate of drug-likeness (QED) is 0.0276. The molecular weight excluding hydrogens is 1100 g/mol. The second-order valence-electron chi connectivity index (χ2n) is 19.5. The number of carbonyl (C=O) groups excluding carboxylic acids is 4. The molecule has 24 heteroatoms. The summed E-state index contributed by atoms with van der Waals surface area (Å²) in [6.07, 6.45) is 5.21. The zero-order valence-corrected chi connectivity index (χ0v) is 49.7. The van der Waals surface area contributed by atoms with Crippen LogP contribution in [0.1, 0.15) is 72.4 Å². The van der Waals surface area contributed by atoms with Gasteiger partial charge in [0.2, 0.25) is 23.4 Å². The number of nitrogen functional groups attached to an aromatic ring is 2. The Morgan fingerprint density at radius 2 is 1.20 bits per heavy atom. The Bertz CT molecular complexity index is 2900. The third kappa shape index (κ3) is 20.4. The molecule has 0 aliphatic carbocycles. The number of carbonyl (C=O) groups is 4. The van der Waals surface area contributed by atoms with Gasteiger partial charge in [-0.15, -0.1) is 0 Å². The highest BCUT2D eigenvalue weighted by atomic mass is 16.6. The average molecular weight is 1180 g/mol. The molecule has 1 saturated heterocycles. The summed E-state index contributed by atoms with van der Waals surface area (Å²) in [5, 5.41) is 5.67. The molecule has 0 saturated carbocycles. The smallest absolute Gasteiger partial charge is 0.329 e. The van der Waals surface area contributed by atoms with E-state index in [1.165, 1.54) is 35.5 Å². The van der Waals surface area contributed by atoms with Crippen molar-refractivity contribution < 1.29 is 80.8 Å². The number of rotatable bonds is 37. The van der Waals surface area contributed by atoms with E-state index in [0.717, 1.165) is 24.0 Å². The first-order valence-electron chi connectivity index (χ1n) is 28.0. The van der Waals surface area contributed by atoms with Crippen LogP contribution in [0.25, 0.3) is 0 Å². The first-order chi connectivity index (χ1) is 41.3. The molecule has 1 aromatic heterocycles. The van der Waals surface area contributed by atoms with Crippen molar-refractivity contribution in [3.8, 4) is 51.7 Å². The van der Waals surface area contributed by atoms with E-state index in [9.17, 15) is 19.2 Å². The van der Waals surface area contributed by atoms with Gasteiger partial charge in [0.1, 0.15) is 23.7 Å². The van der Waals surface area contributed by atoms with Crippen LogP contribution in [0.3, 0.4) is 0 Å². The number of aromatic nitrogens is 2. The molecule has 462 valence electrons. The molecule has 6 rings (SSSR count). The summed E-state index contributed by atoms with van der Waals surface area (Å²) in [7, 11) is 10.7. The van der Waals surface area contributed by atoms with Gasteiger partial charge < -0.3 is 88.6 Å². The molecule has 0 spiro atoms. The van der Waals surface area contributed by atoms with Crippen molar-refractivity contribution in [3.63, 3.8) is 0 Å². The fourth-order valence-corrected chi connectivity index (χ4v) is 9.34. The molecule has 2 atom stereocenters. The summed E-state index contributed by atoms with van der Waals surface area (Å²) >= 11 is 0. The maximum atomic E-state index is 14.3. The zero-order valence-electron chi connectivity index (χ0n) is 49.7. The van der Waals surface area contributed by atoms with Crippen molar-refractivity contribution in [2.24, 2.45) is 0 Å². The number of anilines is 2. The fraction of sp³-hybridized carbons (Fsp3) is 0.475. The van der Waals surface area contributed by atoms with E-state index in [-0.39, 0.29) is 54.9 Å². The number of hydrogen-bond donors (Lipinski definition) is 4. The minimum atomic E-state index is -0.803. The van der Waals surface area contributed by atoms with Gasteiger partial charge in [-0.2, -0.15) is 4.98 Å². The van der Waals surface area contributed by atoms with Crippen LogP contribution in [0.4, 0.5) is 11.8 Å². The van der Waals surface area contributed by atoms with Crippen molar-refractivity contribution in [2.75, 3.05) is 134 Å². The lowest BCUT2D eigenvalue weighted by Gasteiger charge is -2.35. The van der Waals surface area contributed by atoms with Gasteiger partial charge in [-0.1, -0.05) is 18.2 Å². The summed E-state index contributed by atoms with van der Waals surface area (Å²) in [6, 6.07) is 18.9. The van der Waals surface area contributed by atoms with Crippen LogP contribution in [0.15, 0.2) is 72.9 Å². The Balaban J connectivity index is 0.866. The van der Waals surface area contributed by atoms with Crippen molar-refractivity contribution in [1.82, 2.24) is 25.5 Å². The van der Waals surface area contributed by atoms with Crippen molar-refractivity contribution >= 4 is 35.5 Å². The lowest BCUT2D eigenvalue weighted by atomic mass is 9.99. The summed E-state index contributed by atoms with van der Waals surface area (Å²) in [6.45, 7) is 2.99. The highest BCUT2D eigenvalue weighted by Crippen LogP contribution is 2.41. The molecule has 4 aromatic carbocycles. The van der Waals surface area contributed by atoms with Crippen molar-refractivity contribution in [1.29, 1.82) is 0 Å². The van der Waals surface area contributed by atoms with Crippen LogP contribution in [-0.4, -0.2) is 167 Å². The van der Waals surface area contributed by atoms with Gasteiger partial charge in [-0.05, 0) is 116 Å². The third-order valence-corrected chi connectivity index (χ3v) is 13.7. The minimum Gasteiger partial charge on any atom is -0.493 e. The molecule has 1 aliphatic heterocycles. The Labute approximate surface area is 496 Å². The number of amides is 3. The lowest BCUT2D eigenvalue weighted by Crippen LogP contribution is -2.49. The standard InChI is InChI=1S/C61H81N7O17/c1-73-48-19-17-40(30-49(48)74-2)16-18-47(85-60(72)46-15-8-9-22-68(46)56(71)35-42-33-50(75-3)57(79-7)51(34-42)76-4)43-13-10-14-45(36-43)83-38-54(69)64-20-11-23-80-25-27-82-28-26-81-24-12-21-65-55(70)39-84-58-52(77-5)31-41(32-53(58)78-6)29-44-37-66-61(63)67-59(44)62/h10,13-14,17,19,30-34,36-37,46-47H,8-9,11-12,15-16,18,20-29,35,38-39H2,1-7H3,(H,64,69)(H,65,70)(H4,62,63,66,67)/t46?,47-/m1/s1. The predicted molar refractivity (Wildman–Crippen MR) is 314 cm³/mol. The largest absolute Gasteiger partial charge is 0.493 e. The number of hydrogen-bond acceptors (Lipinski definition) is 21. The number of nitrogens with two attached hydrogens (primary N) is 2. The Kier molecular flexibility index (Phi) is 27.0. The maximum absolute atomic E-state index is 14.3. The monoisotopic (exact) mass is 1180 g/mol. The number of esters is 1. The lowest BCUT2D eigenvalue weighted by molar-refractivity contribution is -0.162. The number of nitrogens with one attached hydrogen (secondary N) is 2. The summed E-state index contributed by atoms with van der Waals surface area (Å²) in [5.41, 5.74) is 15.3. The van der Waals surface area contributed by atoms with E-state index in [1.54, 1.807) is 67.8 Å². The van der Waals surface area contributed by atoms with Crippen molar-refractivity contribution in [2.45, 2.75) is 69.9 Å². The SMILES string of the molecule is COc1ccc(CC[C@@H](OC(=O)C2CCCCN2C(=O)Cc2cc(OC)c(OC)c(OC)c2)c2cccc(OCC(=O)NCCCOCCOCCOCCCNC(=O)COc3c(OC)cc(Cc4cnc(N)nc4N)cc3OC)c2)cc1OC. The Morgan fingerprint density at radius 1 is 0.624 bits per heavy atom. The number of ether oxygens (including phenoxy) is 13. The summed E-state index contributed by atoms with van der Waals surface area (Å²) in [4.78, 5) is 63.3. The topological polar surface area (TPSA) is 293 Å². The number of nitrogens with zero attached hydrogens (tertiary/aromatic N) is 3. The number of methoxy groups -OCH3 is 7. The van der Waals surface area contributed by atoms with E-state index in [1.807, 2.05) is 24.3 Å². The molecule has 0 radical (unpaired) electrons. The zero-order chi connectivity index (χ0) is 60.9. The van der Waals surface area contributed by atoms with Crippen LogP contribution in [0.5, 0.6) is 51.7 Å². The number of piperidine rings is 1. The van der Waals surface area contributed by atoms with E-state index in [2.05, 4.69) is 20.6 Å². The molecule has 3 amide bonds. The van der Waals surface area contributed by atoms with Crippen LogP contribution in [0.2, 0.25) is 0 Å². The van der Waals surface area contributed by atoms with Gasteiger partial charge in [-0.3, -0.25) is 14.4 Å². The molecule has 0 bridgehead atoms. The third-order valence-electron chi connectivity index (χ3n) is 13.7. The molecule has 2 heterocycles. The average Bonchev–Trinajstić information content (AvgIpc) is 2.98. The van der Waals surface area contributed by atoms with Gasteiger partial charge in [0, 0.05) is 51.0 Å². The van der Waals surface area contributed by atoms with Crippen LogP contribution in [-0.2, 0) is 57.4 Å². The van der Waals surface area contributed by atoms with Gasteiger partial charge >= 0.3 is 5.97 Å². The highest BCUT2D eigenvalue weighted by Gasteiger charge is 2.35. The molecular formula is C61H81N7O17. The molecule has 6 N–H and O–H groups in total. The molecule has 1 fully saturated rings. The Hall–Kier alpha value is -8.48. The molecule has 85 heavy (non-hydrogen) atoms. The van der Waals surface area contributed by atoms with E-state index in [4.69, 9.17) is 73.0 Å². The fourth-order valence-electron chi connectivity index (χ4n) is 9.34. The first-order valence-corrected chi connectivity index (χ1v) is 28.0. The van der Waals surface area contributed by atoms with E-state index in [0.29, 0.717) is 160 Å². The molecule has 1 aliphatic rings. The van der Waals surface area contributed by atoms with Crippen LogP contribution in [0, 0.1) is 0 Å². The normalized spacial score (nSPS) is 13.2. The second-order valence-corrected chi connectivity index (χ2v) is 19.5. The van der Waals surface area contributed by atoms with Gasteiger partial charge in [0.25, 0.3) is 11.8 Å². The first kappa shape index (κ1) is 65.7. The van der Waals surface area contributed by atoms with Gasteiger partial charge in [0.05, 0.1) is 82.6 Å². The summed E-state index contributed by atoms with van der Waals surface area (Å²) in [5.74, 6) is 2.86. The number of aryl methyl sites for hydroxylation is 1. The van der Waals surface area contributed by atoms with E-state index < -0.39 is 18.1 Å². The van der Waals surface area contributed by atoms with Crippen molar-refractivity contribution in [3.05, 3.63) is 101 Å². The number of benzene rings is 4. The second kappa shape index (κ2) is 35.0. The minimum absolute atomic E-state index is 0.00250. The molecule has 24 nitrogen and oxygen atoms in total. The van der Waals surface area contributed by atoms with E-state index >= 15 is 0 Å². The van der Waals surface area contributed by atoms with Gasteiger partial charge in [-0.25, -0.2) is 9.78 Å². The van der Waals surface area contributed by atoms with Gasteiger partial charge in [0.15, 0.2) is 47.7 Å². The summed E-state index contributed by atoms with van der Waals surface area (Å²) < 4.78 is 73.5. The number of likely N-dealkylation sites (tertiary alicyclic amines) is 1.